The lowest BCUT2D eigenvalue weighted by atomic mass is 10.1. The van der Waals surface area contributed by atoms with E-state index in [1.807, 2.05) is 12.3 Å². The monoisotopic (exact) mass is 244 g/mol. The van der Waals surface area contributed by atoms with Crippen molar-refractivity contribution >= 4 is 10.9 Å². The Morgan fingerprint density at radius 2 is 2.06 bits per heavy atom. The van der Waals surface area contributed by atoms with E-state index in [9.17, 15) is 5.11 Å². The first kappa shape index (κ1) is 11.4. The highest BCUT2D eigenvalue weighted by molar-refractivity contribution is 5.80. The van der Waals surface area contributed by atoms with Gasteiger partial charge >= 0.3 is 0 Å². The van der Waals surface area contributed by atoms with Crippen LogP contribution in [0.15, 0.2) is 30.5 Å². The van der Waals surface area contributed by atoms with Crippen molar-refractivity contribution in [2.24, 2.45) is 0 Å². The van der Waals surface area contributed by atoms with Crippen LogP contribution in [0.25, 0.3) is 10.9 Å². The number of aromatic nitrogens is 1. The van der Waals surface area contributed by atoms with E-state index in [2.05, 4.69) is 16.0 Å². The summed E-state index contributed by atoms with van der Waals surface area (Å²) in [6, 6.07) is 7.35. The van der Waals surface area contributed by atoms with Gasteiger partial charge in [0.2, 0.25) is 0 Å². The van der Waals surface area contributed by atoms with Gasteiger partial charge in [-0.15, -0.1) is 0 Å². The summed E-state index contributed by atoms with van der Waals surface area (Å²) in [4.78, 5) is 6.78. The van der Waals surface area contributed by atoms with Gasteiger partial charge in [-0.05, 0) is 29.8 Å². The third-order valence-corrected chi connectivity index (χ3v) is 3.23. The van der Waals surface area contributed by atoms with Gasteiger partial charge in [0.25, 0.3) is 0 Å². The van der Waals surface area contributed by atoms with E-state index in [-0.39, 0.29) is 5.75 Å². The van der Waals surface area contributed by atoms with Crippen molar-refractivity contribution in [1.29, 1.82) is 0 Å². The van der Waals surface area contributed by atoms with Crippen molar-refractivity contribution in [3.63, 3.8) is 0 Å². The second kappa shape index (κ2) is 4.92. The van der Waals surface area contributed by atoms with Gasteiger partial charge in [0, 0.05) is 31.2 Å². The van der Waals surface area contributed by atoms with Gasteiger partial charge in [-0.25, -0.2) is 0 Å². The maximum Gasteiger partial charge on any atom is 0.116 e. The molecule has 2 heterocycles. The molecule has 1 aliphatic rings. The number of pyridine rings is 1. The number of hydrogen-bond acceptors (Lipinski definition) is 4. The minimum Gasteiger partial charge on any atom is -0.508 e. The van der Waals surface area contributed by atoms with Gasteiger partial charge in [-0.2, -0.15) is 0 Å². The summed E-state index contributed by atoms with van der Waals surface area (Å²) < 4.78 is 5.33. The van der Waals surface area contributed by atoms with E-state index in [1.54, 1.807) is 12.1 Å². The van der Waals surface area contributed by atoms with Crippen LogP contribution in [0.2, 0.25) is 0 Å². The normalized spacial score (nSPS) is 17.1. The van der Waals surface area contributed by atoms with E-state index in [4.69, 9.17) is 4.74 Å². The minimum absolute atomic E-state index is 0.285. The molecule has 1 fully saturated rings. The number of nitrogens with zero attached hydrogens (tertiary/aromatic N) is 2. The number of hydrogen-bond donors (Lipinski definition) is 1. The molecule has 18 heavy (non-hydrogen) atoms. The molecule has 2 aromatic rings. The predicted molar refractivity (Wildman–Crippen MR) is 69.5 cm³/mol. The molecule has 1 aromatic heterocycles. The average Bonchev–Trinajstić information content (AvgIpc) is 2.39. The van der Waals surface area contributed by atoms with Crippen molar-refractivity contribution in [3.05, 3.63) is 36.0 Å². The second-order valence-corrected chi connectivity index (χ2v) is 4.61. The predicted octanol–water partition coefficient (Wildman–Crippen LogP) is 1.77. The Kier molecular flexibility index (Phi) is 3.13. The van der Waals surface area contributed by atoms with Crippen LogP contribution in [0.4, 0.5) is 0 Å². The molecular weight excluding hydrogens is 228 g/mol. The molecular formula is C14H16N2O2. The maximum atomic E-state index is 9.49. The Balaban J connectivity index is 1.83. The molecule has 4 heteroatoms. The van der Waals surface area contributed by atoms with E-state index < -0.39 is 0 Å². The van der Waals surface area contributed by atoms with Crippen LogP contribution in [0, 0.1) is 0 Å². The van der Waals surface area contributed by atoms with E-state index in [0.29, 0.717) is 0 Å². The second-order valence-electron chi connectivity index (χ2n) is 4.61. The molecule has 1 aliphatic heterocycles. The van der Waals surface area contributed by atoms with Crippen molar-refractivity contribution in [1.82, 2.24) is 9.88 Å². The third-order valence-electron chi connectivity index (χ3n) is 3.23. The Morgan fingerprint density at radius 1 is 1.22 bits per heavy atom. The molecule has 0 atom stereocenters. The Bertz CT molecular complexity index is 550. The molecule has 1 N–H and O–H groups in total. The molecule has 1 saturated heterocycles. The van der Waals surface area contributed by atoms with Gasteiger partial charge in [-0.1, -0.05) is 0 Å². The van der Waals surface area contributed by atoms with Crippen LogP contribution in [-0.2, 0) is 11.3 Å². The maximum absolute atomic E-state index is 9.49. The first-order valence-electron chi connectivity index (χ1n) is 6.19. The van der Waals surface area contributed by atoms with Gasteiger partial charge in [-0.3, -0.25) is 9.88 Å². The third kappa shape index (κ3) is 2.44. The number of phenols is 1. The SMILES string of the molecule is Oc1ccc2ncc(CN3CCOCC3)cc2c1. The summed E-state index contributed by atoms with van der Waals surface area (Å²) in [5.74, 6) is 0.285. The molecule has 4 nitrogen and oxygen atoms in total. The van der Waals surface area contributed by atoms with Crippen molar-refractivity contribution in [2.75, 3.05) is 26.3 Å². The zero-order valence-corrected chi connectivity index (χ0v) is 10.2. The zero-order valence-electron chi connectivity index (χ0n) is 10.2. The van der Waals surface area contributed by atoms with Crippen LogP contribution in [-0.4, -0.2) is 41.3 Å². The Labute approximate surface area is 106 Å². The Morgan fingerprint density at radius 3 is 2.89 bits per heavy atom. The summed E-state index contributed by atoms with van der Waals surface area (Å²) >= 11 is 0. The number of ether oxygens (including phenoxy) is 1. The summed E-state index contributed by atoms with van der Waals surface area (Å²) in [5.41, 5.74) is 2.09. The highest BCUT2D eigenvalue weighted by Crippen LogP contribution is 2.19. The largest absolute Gasteiger partial charge is 0.508 e. The van der Waals surface area contributed by atoms with Gasteiger partial charge in [0.05, 0.1) is 18.7 Å². The number of morpholine rings is 1. The molecule has 1 aromatic carbocycles. The average molecular weight is 244 g/mol. The van der Waals surface area contributed by atoms with E-state index in [0.717, 1.165) is 43.8 Å². The van der Waals surface area contributed by atoms with Crippen molar-refractivity contribution in [3.8, 4) is 5.75 Å². The molecule has 0 aliphatic carbocycles. The number of phenolic OH excluding ortho intramolecular Hbond substituents is 1. The van der Waals surface area contributed by atoms with Crippen LogP contribution >= 0.6 is 0 Å². The molecule has 0 radical (unpaired) electrons. The summed E-state index contributed by atoms with van der Waals surface area (Å²) in [6.07, 6.45) is 1.91. The highest BCUT2D eigenvalue weighted by atomic mass is 16.5. The van der Waals surface area contributed by atoms with Crippen molar-refractivity contribution < 1.29 is 9.84 Å². The fourth-order valence-corrected chi connectivity index (χ4v) is 2.27. The molecule has 3 rings (SSSR count). The molecule has 0 amide bonds. The van der Waals surface area contributed by atoms with Crippen LogP contribution in [0.3, 0.4) is 0 Å². The molecule has 0 spiro atoms. The van der Waals surface area contributed by atoms with E-state index >= 15 is 0 Å². The lowest BCUT2D eigenvalue weighted by Gasteiger charge is -2.26. The number of rotatable bonds is 2. The van der Waals surface area contributed by atoms with Crippen LogP contribution < -0.4 is 0 Å². The summed E-state index contributed by atoms with van der Waals surface area (Å²) in [7, 11) is 0. The molecule has 0 bridgehead atoms. The lowest BCUT2D eigenvalue weighted by molar-refractivity contribution is 0.0341. The van der Waals surface area contributed by atoms with Crippen LogP contribution in [0.1, 0.15) is 5.56 Å². The highest BCUT2D eigenvalue weighted by Gasteiger charge is 2.11. The summed E-state index contributed by atoms with van der Waals surface area (Å²) in [5, 5.41) is 10.5. The number of aromatic hydroxyl groups is 1. The van der Waals surface area contributed by atoms with Gasteiger partial charge < -0.3 is 9.84 Å². The van der Waals surface area contributed by atoms with E-state index in [1.165, 1.54) is 5.56 Å². The molecule has 94 valence electrons. The number of benzene rings is 1. The van der Waals surface area contributed by atoms with Crippen molar-refractivity contribution in [2.45, 2.75) is 6.54 Å². The smallest absolute Gasteiger partial charge is 0.116 e. The molecule has 0 unspecified atom stereocenters. The summed E-state index contributed by atoms with van der Waals surface area (Å²) in [6.45, 7) is 4.45. The first-order valence-corrected chi connectivity index (χ1v) is 6.19. The van der Waals surface area contributed by atoms with Gasteiger partial charge in [0.15, 0.2) is 0 Å². The zero-order chi connectivity index (χ0) is 12.4. The fourth-order valence-electron chi connectivity index (χ4n) is 2.27. The topological polar surface area (TPSA) is 45.6 Å². The first-order chi connectivity index (χ1) is 8.81. The fraction of sp³-hybridized carbons (Fsp3) is 0.357. The minimum atomic E-state index is 0.285. The van der Waals surface area contributed by atoms with Crippen LogP contribution in [0.5, 0.6) is 5.75 Å². The van der Waals surface area contributed by atoms with Gasteiger partial charge in [0.1, 0.15) is 5.75 Å². The quantitative estimate of drug-likeness (QED) is 0.874. The standard InChI is InChI=1S/C14H16N2O2/c17-13-1-2-14-12(8-13)7-11(9-15-14)10-16-3-5-18-6-4-16/h1-2,7-9,17H,3-6,10H2. The number of fused-ring (bicyclic) bond motifs is 1. The lowest BCUT2D eigenvalue weighted by Crippen LogP contribution is -2.35. The molecule has 0 saturated carbocycles. The Hall–Kier alpha value is -1.65.